The molecule has 4 nitrogen and oxygen atoms in total. The number of carbonyl (C=O) groups excluding carboxylic acids is 1. The maximum atomic E-state index is 11.9. The second-order valence-corrected chi connectivity index (χ2v) is 5.55. The molecule has 2 rings (SSSR count). The molecular formula is C14H27N3O. The van der Waals surface area contributed by atoms with Crippen LogP contribution < -0.4 is 10.6 Å². The van der Waals surface area contributed by atoms with E-state index < -0.39 is 0 Å². The largest absolute Gasteiger partial charge is 0.355 e. The van der Waals surface area contributed by atoms with Gasteiger partial charge in [0, 0.05) is 6.54 Å². The number of nitrogens with one attached hydrogen (secondary N) is 2. The van der Waals surface area contributed by atoms with Crippen molar-refractivity contribution >= 4 is 5.91 Å². The Labute approximate surface area is 110 Å². The van der Waals surface area contributed by atoms with Crippen LogP contribution >= 0.6 is 0 Å². The molecule has 0 bridgehead atoms. The third kappa shape index (κ3) is 4.58. The van der Waals surface area contributed by atoms with Crippen molar-refractivity contribution in [2.75, 3.05) is 32.7 Å². The zero-order valence-electron chi connectivity index (χ0n) is 11.4. The molecule has 2 N–H and O–H groups in total. The number of amides is 1. The second-order valence-electron chi connectivity index (χ2n) is 5.55. The van der Waals surface area contributed by atoms with Gasteiger partial charge in [0.1, 0.15) is 0 Å². The molecule has 4 heteroatoms. The highest BCUT2D eigenvalue weighted by atomic mass is 16.2. The van der Waals surface area contributed by atoms with Crippen LogP contribution in [0.1, 0.15) is 44.9 Å². The zero-order chi connectivity index (χ0) is 12.6. The molecule has 0 spiro atoms. The fraction of sp³-hybridized carbons (Fsp3) is 0.929. The number of likely N-dealkylation sites (tertiary alicyclic amines) is 1. The van der Waals surface area contributed by atoms with Gasteiger partial charge in [0.05, 0.1) is 6.04 Å². The highest BCUT2D eigenvalue weighted by molar-refractivity contribution is 5.81. The Balaban J connectivity index is 1.52. The Morgan fingerprint density at radius 1 is 1.17 bits per heavy atom. The number of hydrogen-bond acceptors (Lipinski definition) is 3. The average Bonchev–Trinajstić information content (AvgIpc) is 2.45. The quantitative estimate of drug-likeness (QED) is 0.722. The number of rotatable bonds is 5. The summed E-state index contributed by atoms with van der Waals surface area (Å²) in [6.45, 7) is 5.45. The molecular weight excluding hydrogens is 226 g/mol. The Morgan fingerprint density at radius 3 is 2.72 bits per heavy atom. The normalized spacial score (nSPS) is 25.9. The Bertz CT molecular complexity index is 245. The van der Waals surface area contributed by atoms with Crippen LogP contribution in [0.4, 0.5) is 0 Å². The van der Waals surface area contributed by atoms with E-state index in [1.165, 1.54) is 45.2 Å². The molecule has 2 aliphatic rings. The standard InChI is InChI=1S/C14H27N3O/c18-14(13-7-2-3-8-15-13)16-9-6-12-17-10-4-1-5-11-17/h13,15H,1-12H2,(H,16,18)/t13-/m1/s1. The van der Waals surface area contributed by atoms with Crippen molar-refractivity contribution in [2.24, 2.45) is 0 Å². The summed E-state index contributed by atoms with van der Waals surface area (Å²) in [5.74, 6) is 0.202. The van der Waals surface area contributed by atoms with E-state index in [1.807, 2.05) is 0 Å². The van der Waals surface area contributed by atoms with Gasteiger partial charge in [0.15, 0.2) is 0 Å². The number of hydrogen-bond donors (Lipinski definition) is 2. The van der Waals surface area contributed by atoms with Gasteiger partial charge in [0.25, 0.3) is 0 Å². The molecule has 2 saturated heterocycles. The Hall–Kier alpha value is -0.610. The van der Waals surface area contributed by atoms with Crippen LogP contribution in [-0.4, -0.2) is 49.6 Å². The van der Waals surface area contributed by atoms with E-state index >= 15 is 0 Å². The first-order valence-corrected chi connectivity index (χ1v) is 7.60. The second kappa shape index (κ2) is 7.74. The molecule has 2 fully saturated rings. The summed E-state index contributed by atoms with van der Waals surface area (Å²) in [6, 6.07) is 0.0636. The van der Waals surface area contributed by atoms with Gasteiger partial charge in [-0.2, -0.15) is 0 Å². The molecule has 0 aliphatic carbocycles. The average molecular weight is 253 g/mol. The van der Waals surface area contributed by atoms with Crippen LogP contribution in [0.5, 0.6) is 0 Å². The van der Waals surface area contributed by atoms with Crippen molar-refractivity contribution in [2.45, 2.75) is 51.0 Å². The number of piperidine rings is 2. The van der Waals surface area contributed by atoms with Crippen LogP contribution in [0.2, 0.25) is 0 Å². The summed E-state index contributed by atoms with van der Waals surface area (Å²) in [5, 5.41) is 6.35. The van der Waals surface area contributed by atoms with Crippen molar-refractivity contribution in [3.05, 3.63) is 0 Å². The van der Waals surface area contributed by atoms with E-state index in [-0.39, 0.29) is 11.9 Å². The molecule has 0 aromatic carbocycles. The zero-order valence-corrected chi connectivity index (χ0v) is 11.4. The highest BCUT2D eigenvalue weighted by Gasteiger charge is 2.19. The SMILES string of the molecule is O=C(NCCCN1CCCCC1)[C@H]1CCCCN1. The van der Waals surface area contributed by atoms with Gasteiger partial charge in [-0.15, -0.1) is 0 Å². The van der Waals surface area contributed by atoms with Gasteiger partial charge in [-0.3, -0.25) is 4.79 Å². The first-order chi connectivity index (χ1) is 8.86. The predicted molar refractivity (Wildman–Crippen MR) is 73.6 cm³/mol. The lowest BCUT2D eigenvalue weighted by Gasteiger charge is -2.26. The first kappa shape index (κ1) is 13.8. The molecule has 18 heavy (non-hydrogen) atoms. The number of nitrogens with zero attached hydrogens (tertiary/aromatic N) is 1. The van der Waals surface area contributed by atoms with E-state index in [2.05, 4.69) is 15.5 Å². The van der Waals surface area contributed by atoms with Crippen LogP contribution in [0, 0.1) is 0 Å². The molecule has 1 amide bonds. The molecule has 0 aromatic heterocycles. The predicted octanol–water partition coefficient (Wildman–Crippen LogP) is 1.12. The topological polar surface area (TPSA) is 44.4 Å². The van der Waals surface area contributed by atoms with Crippen molar-refractivity contribution in [1.82, 2.24) is 15.5 Å². The maximum Gasteiger partial charge on any atom is 0.237 e. The Morgan fingerprint density at radius 2 is 2.00 bits per heavy atom. The monoisotopic (exact) mass is 253 g/mol. The summed E-state index contributed by atoms with van der Waals surface area (Å²) in [7, 11) is 0. The third-order valence-corrected chi connectivity index (χ3v) is 4.03. The minimum absolute atomic E-state index is 0.0636. The lowest BCUT2D eigenvalue weighted by atomic mass is 10.0. The van der Waals surface area contributed by atoms with Gasteiger partial charge < -0.3 is 15.5 Å². The molecule has 0 unspecified atom stereocenters. The molecule has 104 valence electrons. The lowest BCUT2D eigenvalue weighted by molar-refractivity contribution is -0.123. The first-order valence-electron chi connectivity index (χ1n) is 7.60. The fourth-order valence-electron chi connectivity index (χ4n) is 2.90. The molecule has 1 atom stereocenters. The summed E-state index contributed by atoms with van der Waals surface area (Å²) < 4.78 is 0. The van der Waals surface area contributed by atoms with Crippen molar-refractivity contribution in [1.29, 1.82) is 0 Å². The number of carbonyl (C=O) groups is 1. The molecule has 2 aliphatic heterocycles. The van der Waals surface area contributed by atoms with Gasteiger partial charge in [-0.1, -0.05) is 12.8 Å². The maximum absolute atomic E-state index is 11.9. The van der Waals surface area contributed by atoms with Crippen molar-refractivity contribution < 1.29 is 4.79 Å². The molecule has 2 heterocycles. The van der Waals surface area contributed by atoms with Crippen molar-refractivity contribution in [3.8, 4) is 0 Å². The Kier molecular flexibility index (Phi) is 5.94. The lowest BCUT2D eigenvalue weighted by Crippen LogP contribution is -2.47. The van der Waals surface area contributed by atoms with Crippen LogP contribution in [0.15, 0.2) is 0 Å². The van der Waals surface area contributed by atoms with Crippen LogP contribution in [0.25, 0.3) is 0 Å². The van der Waals surface area contributed by atoms with E-state index in [9.17, 15) is 4.79 Å². The summed E-state index contributed by atoms with van der Waals surface area (Å²) in [4.78, 5) is 14.4. The smallest absolute Gasteiger partial charge is 0.237 e. The van der Waals surface area contributed by atoms with E-state index in [0.717, 1.165) is 32.5 Å². The molecule has 0 radical (unpaired) electrons. The van der Waals surface area contributed by atoms with Crippen molar-refractivity contribution in [3.63, 3.8) is 0 Å². The van der Waals surface area contributed by atoms with E-state index in [1.54, 1.807) is 0 Å². The minimum Gasteiger partial charge on any atom is -0.355 e. The summed E-state index contributed by atoms with van der Waals surface area (Å²) in [5.41, 5.74) is 0. The molecule has 0 saturated carbocycles. The van der Waals surface area contributed by atoms with Gasteiger partial charge in [-0.05, 0) is 58.3 Å². The fourth-order valence-corrected chi connectivity index (χ4v) is 2.90. The van der Waals surface area contributed by atoms with Crippen LogP contribution in [0.3, 0.4) is 0 Å². The summed E-state index contributed by atoms with van der Waals surface area (Å²) in [6.07, 6.45) is 8.55. The molecule has 0 aromatic rings. The van der Waals surface area contributed by atoms with Gasteiger partial charge >= 0.3 is 0 Å². The summed E-state index contributed by atoms with van der Waals surface area (Å²) >= 11 is 0. The van der Waals surface area contributed by atoms with E-state index in [0.29, 0.717) is 0 Å². The van der Waals surface area contributed by atoms with Crippen LogP contribution in [-0.2, 0) is 4.79 Å². The third-order valence-electron chi connectivity index (χ3n) is 4.03. The highest BCUT2D eigenvalue weighted by Crippen LogP contribution is 2.09. The van der Waals surface area contributed by atoms with E-state index in [4.69, 9.17) is 0 Å². The van der Waals surface area contributed by atoms with Gasteiger partial charge in [-0.25, -0.2) is 0 Å². The van der Waals surface area contributed by atoms with Gasteiger partial charge in [0.2, 0.25) is 5.91 Å². The minimum atomic E-state index is 0.0636.